The van der Waals surface area contributed by atoms with Gasteiger partial charge in [0.1, 0.15) is 12.2 Å². The van der Waals surface area contributed by atoms with E-state index in [1.54, 1.807) is 6.33 Å². The molecule has 0 radical (unpaired) electrons. The van der Waals surface area contributed by atoms with Crippen LogP contribution in [0.5, 0.6) is 0 Å². The molecule has 1 unspecified atom stereocenters. The highest BCUT2D eigenvalue weighted by Gasteiger charge is 2.18. The van der Waals surface area contributed by atoms with E-state index in [0.717, 1.165) is 19.6 Å². The second-order valence-corrected chi connectivity index (χ2v) is 3.81. The molecule has 2 heterocycles. The lowest BCUT2D eigenvalue weighted by molar-refractivity contribution is 0.514. The third-order valence-corrected chi connectivity index (χ3v) is 2.89. The van der Waals surface area contributed by atoms with E-state index in [1.807, 2.05) is 4.68 Å². The molecule has 0 amide bonds. The van der Waals surface area contributed by atoms with Crippen LogP contribution in [0.2, 0.25) is 0 Å². The molecule has 1 aromatic heterocycles. The first-order valence-electron chi connectivity index (χ1n) is 5.50. The fourth-order valence-corrected chi connectivity index (χ4v) is 2.11. The summed E-state index contributed by atoms with van der Waals surface area (Å²) >= 11 is 0. The van der Waals surface area contributed by atoms with Gasteiger partial charge in [0.15, 0.2) is 0 Å². The molecule has 1 aromatic rings. The van der Waals surface area contributed by atoms with Crippen LogP contribution in [-0.4, -0.2) is 27.9 Å². The SMILES string of the molecule is CCn1ncnc1C1CCCNCC1. The zero-order valence-electron chi connectivity index (χ0n) is 8.74. The highest BCUT2D eigenvalue weighted by atomic mass is 15.3. The Morgan fingerprint density at radius 3 is 3.29 bits per heavy atom. The molecule has 1 N–H and O–H groups in total. The third-order valence-electron chi connectivity index (χ3n) is 2.89. The van der Waals surface area contributed by atoms with E-state index in [1.165, 1.54) is 25.1 Å². The minimum absolute atomic E-state index is 0.604. The lowest BCUT2D eigenvalue weighted by atomic mass is 10.00. The summed E-state index contributed by atoms with van der Waals surface area (Å²) in [6.07, 6.45) is 5.36. The summed E-state index contributed by atoms with van der Waals surface area (Å²) in [5.74, 6) is 1.78. The summed E-state index contributed by atoms with van der Waals surface area (Å²) in [4.78, 5) is 4.38. The summed E-state index contributed by atoms with van der Waals surface area (Å²) in [5, 5.41) is 7.64. The molecule has 1 fully saturated rings. The summed E-state index contributed by atoms with van der Waals surface area (Å²) < 4.78 is 2.02. The molecule has 1 aliphatic heterocycles. The van der Waals surface area contributed by atoms with E-state index in [4.69, 9.17) is 0 Å². The molecule has 2 rings (SSSR count). The van der Waals surface area contributed by atoms with Crippen LogP contribution < -0.4 is 5.32 Å². The standard InChI is InChI=1S/C10H18N4/c1-2-14-10(12-8-13-14)9-4-3-6-11-7-5-9/h8-9,11H,2-7H2,1H3. The van der Waals surface area contributed by atoms with Gasteiger partial charge in [-0.05, 0) is 39.3 Å². The number of hydrogen-bond acceptors (Lipinski definition) is 3. The van der Waals surface area contributed by atoms with Crippen LogP contribution in [-0.2, 0) is 6.54 Å². The number of rotatable bonds is 2. The summed E-state index contributed by atoms with van der Waals surface area (Å²) in [6, 6.07) is 0. The average molecular weight is 194 g/mol. The van der Waals surface area contributed by atoms with Gasteiger partial charge in [-0.15, -0.1) is 0 Å². The number of aryl methyl sites for hydroxylation is 1. The Morgan fingerprint density at radius 2 is 2.43 bits per heavy atom. The van der Waals surface area contributed by atoms with Gasteiger partial charge in [0, 0.05) is 12.5 Å². The molecule has 1 aliphatic rings. The maximum absolute atomic E-state index is 4.38. The van der Waals surface area contributed by atoms with Gasteiger partial charge in [0.25, 0.3) is 0 Å². The second kappa shape index (κ2) is 4.55. The lowest BCUT2D eigenvalue weighted by Crippen LogP contribution is -2.15. The second-order valence-electron chi connectivity index (χ2n) is 3.81. The normalized spacial score (nSPS) is 23.4. The molecule has 4 heteroatoms. The van der Waals surface area contributed by atoms with Crippen LogP contribution in [0.15, 0.2) is 6.33 Å². The molecule has 78 valence electrons. The van der Waals surface area contributed by atoms with Crippen LogP contribution in [0.1, 0.15) is 37.9 Å². The van der Waals surface area contributed by atoms with Crippen molar-refractivity contribution < 1.29 is 0 Å². The van der Waals surface area contributed by atoms with E-state index < -0.39 is 0 Å². The van der Waals surface area contributed by atoms with E-state index in [2.05, 4.69) is 22.3 Å². The van der Waals surface area contributed by atoms with Gasteiger partial charge in [-0.2, -0.15) is 5.10 Å². The van der Waals surface area contributed by atoms with Gasteiger partial charge in [0.2, 0.25) is 0 Å². The highest BCUT2D eigenvalue weighted by molar-refractivity contribution is 4.96. The topological polar surface area (TPSA) is 42.7 Å². The van der Waals surface area contributed by atoms with E-state index in [0.29, 0.717) is 5.92 Å². The molecular weight excluding hydrogens is 176 g/mol. The zero-order chi connectivity index (χ0) is 9.80. The van der Waals surface area contributed by atoms with Crippen molar-refractivity contribution in [1.29, 1.82) is 0 Å². The smallest absolute Gasteiger partial charge is 0.138 e. The molecule has 1 atom stereocenters. The molecule has 0 aromatic carbocycles. The zero-order valence-corrected chi connectivity index (χ0v) is 8.74. The maximum atomic E-state index is 4.38. The Hall–Kier alpha value is -0.900. The average Bonchev–Trinajstić information content (AvgIpc) is 2.52. The fraction of sp³-hybridized carbons (Fsp3) is 0.800. The Bertz CT molecular complexity index is 273. The van der Waals surface area contributed by atoms with Gasteiger partial charge < -0.3 is 5.32 Å². The minimum Gasteiger partial charge on any atom is -0.317 e. The maximum Gasteiger partial charge on any atom is 0.138 e. The number of aromatic nitrogens is 3. The number of nitrogens with zero attached hydrogens (tertiary/aromatic N) is 3. The van der Waals surface area contributed by atoms with Gasteiger partial charge in [-0.1, -0.05) is 0 Å². The first kappa shape index (κ1) is 9.65. The van der Waals surface area contributed by atoms with Crippen molar-refractivity contribution >= 4 is 0 Å². The molecule has 0 spiro atoms. The monoisotopic (exact) mass is 194 g/mol. The first-order valence-corrected chi connectivity index (χ1v) is 5.50. The lowest BCUT2D eigenvalue weighted by Gasteiger charge is -2.13. The van der Waals surface area contributed by atoms with Crippen molar-refractivity contribution in [1.82, 2.24) is 20.1 Å². The van der Waals surface area contributed by atoms with Gasteiger partial charge in [-0.25, -0.2) is 4.98 Å². The van der Waals surface area contributed by atoms with Crippen molar-refractivity contribution in [2.24, 2.45) is 0 Å². The largest absolute Gasteiger partial charge is 0.317 e. The van der Waals surface area contributed by atoms with Crippen LogP contribution in [0.4, 0.5) is 0 Å². The summed E-state index contributed by atoms with van der Waals surface area (Å²) in [5.41, 5.74) is 0. The predicted octanol–water partition coefficient (Wildman–Crippen LogP) is 1.16. The van der Waals surface area contributed by atoms with E-state index in [-0.39, 0.29) is 0 Å². The number of nitrogens with one attached hydrogen (secondary N) is 1. The molecule has 1 saturated heterocycles. The van der Waals surface area contributed by atoms with Crippen molar-refractivity contribution in [3.63, 3.8) is 0 Å². The van der Waals surface area contributed by atoms with Crippen LogP contribution in [0.3, 0.4) is 0 Å². The molecule has 14 heavy (non-hydrogen) atoms. The molecule has 0 saturated carbocycles. The first-order chi connectivity index (χ1) is 6.92. The fourth-order valence-electron chi connectivity index (χ4n) is 2.11. The van der Waals surface area contributed by atoms with Crippen molar-refractivity contribution in [2.45, 2.75) is 38.6 Å². The van der Waals surface area contributed by atoms with Gasteiger partial charge in [0.05, 0.1) is 0 Å². The molecular formula is C10H18N4. The number of hydrogen-bond donors (Lipinski definition) is 1. The Kier molecular flexibility index (Phi) is 3.14. The predicted molar refractivity (Wildman–Crippen MR) is 55.2 cm³/mol. The van der Waals surface area contributed by atoms with Crippen LogP contribution in [0, 0.1) is 0 Å². The van der Waals surface area contributed by atoms with Crippen LogP contribution >= 0.6 is 0 Å². The Labute approximate surface area is 84.7 Å². The van der Waals surface area contributed by atoms with E-state index >= 15 is 0 Å². The highest BCUT2D eigenvalue weighted by Crippen LogP contribution is 2.23. The van der Waals surface area contributed by atoms with Gasteiger partial charge in [-0.3, -0.25) is 4.68 Å². The van der Waals surface area contributed by atoms with Gasteiger partial charge >= 0.3 is 0 Å². The Morgan fingerprint density at radius 1 is 1.50 bits per heavy atom. The van der Waals surface area contributed by atoms with Crippen molar-refractivity contribution in [3.05, 3.63) is 12.2 Å². The third kappa shape index (κ3) is 1.95. The molecule has 0 aliphatic carbocycles. The molecule has 0 bridgehead atoms. The van der Waals surface area contributed by atoms with Crippen molar-refractivity contribution in [2.75, 3.05) is 13.1 Å². The summed E-state index contributed by atoms with van der Waals surface area (Å²) in [6.45, 7) is 5.31. The van der Waals surface area contributed by atoms with Crippen LogP contribution in [0.25, 0.3) is 0 Å². The van der Waals surface area contributed by atoms with Crippen molar-refractivity contribution in [3.8, 4) is 0 Å². The van der Waals surface area contributed by atoms with E-state index in [9.17, 15) is 0 Å². The Balaban J connectivity index is 2.11. The molecule has 4 nitrogen and oxygen atoms in total. The quantitative estimate of drug-likeness (QED) is 0.768. The summed E-state index contributed by atoms with van der Waals surface area (Å²) in [7, 11) is 0. The minimum atomic E-state index is 0.604.